The van der Waals surface area contributed by atoms with E-state index in [1.807, 2.05) is 37.3 Å². The molecule has 1 atom stereocenters. The third-order valence-corrected chi connectivity index (χ3v) is 4.90. The minimum atomic E-state index is -0.774. The number of hydrogen-bond acceptors (Lipinski definition) is 2. The fraction of sp³-hybridized carbons (Fsp3) is 0.579. The van der Waals surface area contributed by atoms with Crippen molar-refractivity contribution in [1.29, 1.82) is 0 Å². The van der Waals surface area contributed by atoms with E-state index in [-0.39, 0.29) is 18.0 Å². The highest BCUT2D eigenvalue weighted by molar-refractivity contribution is 5.91. The van der Waals surface area contributed by atoms with Gasteiger partial charge in [0.05, 0.1) is 0 Å². The molecule has 1 aromatic rings. The Kier molecular flexibility index (Phi) is 6.23. The molecule has 1 aliphatic rings. The number of nitrogens with one attached hydrogen (secondary N) is 3. The van der Waals surface area contributed by atoms with Gasteiger partial charge in [-0.2, -0.15) is 0 Å². The van der Waals surface area contributed by atoms with Gasteiger partial charge in [-0.1, -0.05) is 57.0 Å². The Morgan fingerprint density at radius 1 is 1.08 bits per heavy atom. The fourth-order valence-corrected chi connectivity index (χ4v) is 2.94. The Labute approximate surface area is 144 Å². The molecule has 0 spiro atoms. The maximum absolute atomic E-state index is 12.7. The summed E-state index contributed by atoms with van der Waals surface area (Å²) in [6.07, 6.45) is 3.32. The lowest BCUT2D eigenvalue weighted by atomic mass is 9.95. The van der Waals surface area contributed by atoms with Gasteiger partial charge in [0.25, 0.3) is 0 Å². The van der Waals surface area contributed by atoms with E-state index in [9.17, 15) is 9.59 Å². The SMILES string of the molecule is CC(C)C(C)NC(=O)C1(NC(=O)NCc2ccccc2)CCCC1. The topological polar surface area (TPSA) is 70.2 Å². The number of urea groups is 1. The smallest absolute Gasteiger partial charge is 0.315 e. The highest BCUT2D eigenvalue weighted by Crippen LogP contribution is 2.30. The van der Waals surface area contributed by atoms with Gasteiger partial charge in [0.2, 0.25) is 5.91 Å². The molecule has 0 bridgehead atoms. The minimum Gasteiger partial charge on any atom is -0.351 e. The molecular weight excluding hydrogens is 302 g/mol. The first-order valence-corrected chi connectivity index (χ1v) is 8.84. The van der Waals surface area contributed by atoms with E-state index in [2.05, 4.69) is 29.8 Å². The molecule has 5 nitrogen and oxygen atoms in total. The Hall–Kier alpha value is -2.04. The van der Waals surface area contributed by atoms with E-state index in [0.717, 1.165) is 18.4 Å². The van der Waals surface area contributed by atoms with Crippen molar-refractivity contribution in [2.75, 3.05) is 0 Å². The Balaban J connectivity index is 1.94. The molecule has 1 aromatic carbocycles. The molecule has 1 fully saturated rings. The zero-order valence-electron chi connectivity index (χ0n) is 14.9. The molecule has 0 saturated heterocycles. The van der Waals surface area contributed by atoms with Crippen LogP contribution < -0.4 is 16.0 Å². The maximum atomic E-state index is 12.7. The first-order valence-electron chi connectivity index (χ1n) is 8.84. The summed E-state index contributed by atoms with van der Waals surface area (Å²) in [4.78, 5) is 25.0. The molecule has 1 unspecified atom stereocenters. The monoisotopic (exact) mass is 331 g/mol. The molecule has 3 N–H and O–H groups in total. The molecule has 5 heteroatoms. The van der Waals surface area contributed by atoms with Crippen molar-refractivity contribution in [3.05, 3.63) is 35.9 Å². The van der Waals surface area contributed by atoms with Crippen LogP contribution in [0, 0.1) is 5.92 Å². The van der Waals surface area contributed by atoms with Crippen molar-refractivity contribution in [3.8, 4) is 0 Å². The number of hydrogen-bond donors (Lipinski definition) is 3. The van der Waals surface area contributed by atoms with Crippen LogP contribution in [0.2, 0.25) is 0 Å². The minimum absolute atomic E-state index is 0.0592. The number of rotatable bonds is 6. The van der Waals surface area contributed by atoms with Gasteiger partial charge >= 0.3 is 6.03 Å². The van der Waals surface area contributed by atoms with Crippen LogP contribution in [0.5, 0.6) is 0 Å². The van der Waals surface area contributed by atoms with E-state index >= 15 is 0 Å². The first-order chi connectivity index (χ1) is 11.4. The lowest BCUT2D eigenvalue weighted by Crippen LogP contribution is -2.60. The van der Waals surface area contributed by atoms with Crippen molar-refractivity contribution >= 4 is 11.9 Å². The normalized spacial score (nSPS) is 17.3. The van der Waals surface area contributed by atoms with E-state index in [0.29, 0.717) is 25.3 Å². The molecule has 0 aliphatic heterocycles. The summed E-state index contributed by atoms with van der Waals surface area (Å²) in [5.41, 5.74) is 0.259. The third-order valence-electron chi connectivity index (χ3n) is 4.90. The predicted octanol–water partition coefficient (Wildman–Crippen LogP) is 2.96. The molecule has 0 aromatic heterocycles. The maximum Gasteiger partial charge on any atom is 0.315 e. The number of benzene rings is 1. The van der Waals surface area contributed by atoms with E-state index in [1.165, 1.54) is 0 Å². The molecule has 0 radical (unpaired) electrons. The van der Waals surface area contributed by atoms with Crippen LogP contribution in [-0.2, 0) is 11.3 Å². The molecule has 1 aliphatic carbocycles. The van der Waals surface area contributed by atoms with E-state index < -0.39 is 5.54 Å². The van der Waals surface area contributed by atoms with Crippen LogP contribution in [0.1, 0.15) is 52.0 Å². The number of carbonyl (C=O) groups is 2. The second-order valence-corrected chi connectivity index (χ2v) is 7.09. The summed E-state index contributed by atoms with van der Waals surface area (Å²) in [6.45, 7) is 6.60. The van der Waals surface area contributed by atoms with Crippen molar-refractivity contribution in [3.63, 3.8) is 0 Å². The largest absolute Gasteiger partial charge is 0.351 e. The van der Waals surface area contributed by atoms with E-state index in [4.69, 9.17) is 0 Å². The zero-order chi connectivity index (χ0) is 17.6. The third kappa shape index (κ3) is 4.73. The Bertz CT molecular complexity index is 551. The van der Waals surface area contributed by atoms with Crippen molar-refractivity contribution < 1.29 is 9.59 Å². The summed E-state index contributed by atoms with van der Waals surface area (Å²) in [7, 11) is 0. The second kappa shape index (κ2) is 8.18. The fourth-order valence-electron chi connectivity index (χ4n) is 2.94. The summed E-state index contributed by atoms with van der Waals surface area (Å²) < 4.78 is 0. The van der Waals surface area contributed by atoms with Crippen LogP contribution in [0.4, 0.5) is 4.79 Å². The summed E-state index contributed by atoms with van der Waals surface area (Å²) in [5.74, 6) is 0.301. The van der Waals surface area contributed by atoms with Gasteiger partial charge in [-0.3, -0.25) is 4.79 Å². The molecule has 2 rings (SSSR count). The van der Waals surface area contributed by atoms with Gasteiger partial charge in [0, 0.05) is 12.6 Å². The quantitative estimate of drug-likeness (QED) is 0.750. The van der Waals surface area contributed by atoms with E-state index in [1.54, 1.807) is 0 Å². The lowest BCUT2D eigenvalue weighted by molar-refractivity contribution is -0.128. The average Bonchev–Trinajstić information content (AvgIpc) is 3.03. The van der Waals surface area contributed by atoms with Crippen LogP contribution in [0.15, 0.2) is 30.3 Å². The lowest BCUT2D eigenvalue weighted by Gasteiger charge is -2.31. The van der Waals surface area contributed by atoms with Crippen LogP contribution in [-0.4, -0.2) is 23.5 Å². The average molecular weight is 331 g/mol. The Morgan fingerprint density at radius 3 is 2.29 bits per heavy atom. The molecular formula is C19H29N3O2. The Morgan fingerprint density at radius 2 is 1.71 bits per heavy atom. The summed E-state index contributed by atoms with van der Waals surface area (Å²) >= 11 is 0. The van der Waals surface area contributed by atoms with Crippen molar-refractivity contribution in [1.82, 2.24) is 16.0 Å². The van der Waals surface area contributed by atoms with Crippen LogP contribution in [0.3, 0.4) is 0 Å². The van der Waals surface area contributed by atoms with Gasteiger partial charge < -0.3 is 16.0 Å². The van der Waals surface area contributed by atoms with Gasteiger partial charge in [0.1, 0.15) is 5.54 Å². The first kappa shape index (κ1) is 18.3. The molecule has 1 saturated carbocycles. The molecule has 24 heavy (non-hydrogen) atoms. The summed E-state index contributed by atoms with van der Waals surface area (Å²) in [6, 6.07) is 9.54. The van der Waals surface area contributed by atoms with Crippen LogP contribution in [0.25, 0.3) is 0 Å². The zero-order valence-corrected chi connectivity index (χ0v) is 14.9. The molecule has 132 valence electrons. The predicted molar refractivity (Wildman–Crippen MR) is 95.5 cm³/mol. The van der Waals surface area contributed by atoms with Gasteiger partial charge in [0.15, 0.2) is 0 Å². The highest BCUT2D eigenvalue weighted by atomic mass is 16.2. The second-order valence-electron chi connectivity index (χ2n) is 7.09. The number of carbonyl (C=O) groups excluding carboxylic acids is 2. The standard InChI is InChI=1S/C19H29N3O2/c1-14(2)15(3)21-17(23)19(11-7-8-12-19)22-18(24)20-13-16-9-5-4-6-10-16/h4-6,9-10,14-15H,7-8,11-13H2,1-3H3,(H,21,23)(H2,20,22,24). The summed E-state index contributed by atoms with van der Waals surface area (Å²) in [5, 5.41) is 8.86. The van der Waals surface area contributed by atoms with Crippen molar-refractivity contribution in [2.24, 2.45) is 5.92 Å². The molecule has 0 heterocycles. The number of amides is 3. The highest BCUT2D eigenvalue weighted by Gasteiger charge is 2.42. The van der Waals surface area contributed by atoms with Gasteiger partial charge in [-0.05, 0) is 31.2 Å². The molecule has 3 amide bonds. The van der Waals surface area contributed by atoms with Crippen molar-refractivity contribution in [2.45, 2.75) is 64.6 Å². The van der Waals surface area contributed by atoms with Gasteiger partial charge in [-0.15, -0.1) is 0 Å². The van der Waals surface area contributed by atoms with Crippen LogP contribution >= 0.6 is 0 Å². The van der Waals surface area contributed by atoms with Gasteiger partial charge in [-0.25, -0.2) is 4.79 Å².